The first-order valence-corrected chi connectivity index (χ1v) is 7.89. The Morgan fingerprint density at radius 2 is 1.52 bits per heavy atom. The fourth-order valence-corrected chi connectivity index (χ4v) is 2.25. The first-order chi connectivity index (χ1) is 12.3. The van der Waals surface area contributed by atoms with Crippen molar-refractivity contribution in [2.45, 2.75) is 0 Å². The first-order valence-electron chi connectivity index (χ1n) is 7.89. The van der Waals surface area contributed by atoms with Crippen molar-refractivity contribution >= 4 is 22.5 Å². The van der Waals surface area contributed by atoms with E-state index in [4.69, 9.17) is 0 Å². The zero-order valence-corrected chi connectivity index (χ0v) is 13.5. The maximum absolute atomic E-state index is 12.0. The second-order valence-corrected chi connectivity index (χ2v) is 5.26. The molecule has 0 saturated carbocycles. The summed E-state index contributed by atoms with van der Waals surface area (Å²) in [5, 5.41) is 3.93. The number of aromatic nitrogens is 2. The highest BCUT2D eigenvalue weighted by molar-refractivity contribution is 6.05. The standard InChI is InChI=1S/C16H12N2O.C5H5N/c19-16(13-5-2-1-3-6-13)18-14-9-8-12-7-4-10-17-15(12)11-14;1-2-4-6-5-3-1/h1-11H,(H,18,19);1-5H. The maximum atomic E-state index is 12.0. The van der Waals surface area contributed by atoms with Crippen LogP contribution in [0.25, 0.3) is 10.9 Å². The largest absolute Gasteiger partial charge is 0.322 e. The fourth-order valence-electron chi connectivity index (χ4n) is 2.25. The molecule has 0 fully saturated rings. The number of carbonyl (C=O) groups excluding carboxylic acids is 1. The molecule has 0 aliphatic carbocycles. The Morgan fingerprint density at radius 3 is 2.20 bits per heavy atom. The van der Waals surface area contributed by atoms with Gasteiger partial charge < -0.3 is 5.32 Å². The first kappa shape index (κ1) is 16.3. The van der Waals surface area contributed by atoms with Crippen molar-refractivity contribution in [1.82, 2.24) is 9.97 Å². The molecule has 0 atom stereocenters. The summed E-state index contributed by atoms with van der Waals surface area (Å²) in [5.41, 5.74) is 2.26. The highest BCUT2D eigenvalue weighted by Gasteiger charge is 2.05. The molecule has 2 aromatic heterocycles. The van der Waals surface area contributed by atoms with Gasteiger partial charge in [-0.3, -0.25) is 14.8 Å². The van der Waals surface area contributed by atoms with E-state index in [9.17, 15) is 4.79 Å². The van der Waals surface area contributed by atoms with Gasteiger partial charge >= 0.3 is 0 Å². The van der Waals surface area contributed by atoms with Crippen molar-refractivity contribution < 1.29 is 4.79 Å². The molecular formula is C21H17N3O. The summed E-state index contributed by atoms with van der Waals surface area (Å²) < 4.78 is 0. The number of carbonyl (C=O) groups is 1. The molecule has 2 aromatic carbocycles. The van der Waals surface area contributed by atoms with Gasteiger partial charge in [-0.25, -0.2) is 0 Å². The molecule has 122 valence electrons. The lowest BCUT2D eigenvalue weighted by Crippen LogP contribution is -2.11. The summed E-state index contributed by atoms with van der Waals surface area (Å²) in [6.45, 7) is 0. The number of anilines is 1. The molecule has 4 rings (SSSR count). The van der Waals surface area contributed by atoms with E-state index in [0.717, 1.165) is 16.6 Å². The Morgan fingerprint density at radius 1 is 0.760 bits per heavy atom. The summed E-state index contributed by atoms with van der Waals surface area (Å²) in [5.74, 6) is -0.115. The topological polar surface area (TPSA) is 54.9 Å². The summed E-state index contributed by atoms with van der Waals surface area (Å²) in [6, 6.07) is 24.4. The van der Waals surface area contributed by atoms with E-state index in [1.165, 1.54) is 0 Å². The molecule has 4 aromatic rings. The van der Waals surface area contributed by atoms with Gasteiger partial charge in [0.15, 0.2) is 0 Å². The molecule has 0 radical (unpaired) electrons. The smallest absolute Gasteiger partial charge is 0.255 e. The normalized spacial score (nSPS) is 9.76. The third kappa shape index (κ3) is 4.72. The quantitative estimate of drug-likeness (QED) is 0.587. The molecule has 25 heavy (non-hydrogen) atoms. The van der Waals surface area contributed by atoms with Crippen LogP contribution in [-0.2, 0) is 0 Å². The van der Waals surface area contributed by atoms with Crippen LogP contribution >= 0.6 is 0 Å². The molecule has 0 saturated heterocycles. The van der Waals surface area contributed by atoms with E-state index >= 15 is 0 Å². The number of nitrogens with one attached hydrogen (secondary N) is 1. The second-order valence-electron chi connectivity index (χ2n) is 5.26. The zero-order valence-electron chi connectivity index (χ0n) is 13.5. The van der Waals surface area contributed by atoms with Gasteiger partial charge in [-0.05, 0) is 42.5 Å². The van der Waals surface area contributed by atoms with Gasteiger partial charge in [0, 0.05) is 35.2 Å². The molecule has 4 nitrogen and oxygen atoms in total. The minimum atomic E-state index is -0.115. The lowest BCUT2D eigenvalue weighted by Gasteiger charge is -2.06. The molecular weight excluding hydrogens is 310 g/mol. The van der Waals surface area contributed by atoms with Gasteiger partial charge in [-0.1, -0.05) is 36.4 Å². The number of amides is 1. The number of pyridine rings is 2. The van der Waals surface area contributed by atoms with Gasteiger partial charge in [0.1, 0.15) is 0 Å². The van der Waals surface area contributed by atoms with E-state index in [2.05, 4.69) is 15.3 Å². The van der Waals surface area contributed by atoms with Crippen LogP contribution in [0.15, 0.2) is 97.5 Å². The summed E-state index contributed by atoms with van der Waals surface area (Å²) >= 11 is 0. The number of fused-ring (bicyclic) bond motifs is 1. The van der Waals surface area contributed by atoms with Crippen molar-refractivity contribution in [2.75, 3.05) is 5.32 Å². The minimum Gasteiger partial charge on any atom is -0.322 e. The van der Waals surface area contributed by atoms with Crippen LogP contribution in [0.1, 0.15) is 10.4 Å². The van der Waals surface area contributed by atoms with Crippen LogP contribution in [0, 0.1) is 0 Å². The molecule has 4 heteroatoms. The van der Waals surface area contributed by atoms with Gasteiger partial charge in [0.05, 0.1) is 5.52 Å². The predicted octanol–water partition coefficient (Wildman–Crippen LogP) is 4.57. The van der Waals surface area contributed by atoms with E-state index in [1.807, 2.05) is 66.7 Å². The molecule has 0 spiro atoms. The van der Waals surface area contributed by atoms with Crippen molar-refractivity contribution in [3.63, 3.8) is 0 Å². The number of hydrogen-bond acceptors (Lipinski definition) is 3. The van der Waals surface area contributed by atoms with E-state index in [0.29, 0.717) is 5.56 Å². The molecule has 1 amide bonds. The highest BCUT2D eigenvalue weighted by Crippen LogP contribution is 2.17. The number of hydrogen-bond donors (Lipinski definition) is 1. The van der Waals surface area contributed by atoms with Crippen LogP contribution in [-0.4, -0.2) is 15.9 Å². The second kappa shape index (κ2) is 8.36. The fraction of sp³-hybridized carbons (Fsp3) is 0. The van der Waals surface area contributed by atoms with E-state index in [-0.39, 0.29) is 5.91 Å². The summed E-state index contributed by atoms with van der Waals surface area (Å²) in [6.07, 6.45) is 5.24. The molecule has 2 heterocycles. The molecule has 0 aliphatic heterocycles. The van der Waals surface area contributed by atoms with E-state index in [1.54, 1.807) is 30.7 Å². The Labute approximate surface area is 146 Å². The van der Waals surface area contributed by atoms with Gasteiger partial charge in [-0.2, -0.15) is 0 Å². The lowest BCUT2D eigenvalue weighted by atomic mass is 10.2. The van der Waals surface area contributed by atoms with Crippen molar-refractivity contribution in [2.24, 2.45) is 0 Å². The molecule has 0 bridgehead atoms. The Kier molecular flexibility index (Phi) is 5.46. The van der Waals surface area contributed by atoms with Crippen molar-refractivity contribution in [3.8, 4) is 0 Å². The molecule has 0 aliphatic rings. The number of rotatable bonds is 2. The Balaban J connectivity index is 0.000000258. The molecule has 1 N–H and O–H groups in total. The Bertz CT molecular complexity index is 914. The Hall–Kier alpha value is -3.53. The monoisotopic (exact) mass is 327 g/mol. The van der Waals surface area contributed by atoms with Crippen LogP contribution < -0.4 is 5.32 Å². The zero-order chi connectivity index (χ0) is 17.3. The van der Waals surface area contributed by atoms with Crippen LogP contribution in [0.2, 0.25) is 0 Å². The van der Waals surface area contributed by atoms with E-state index < -0.39 is 0 Å². The lowest BCUT2D eigenvalue weighted by molar-refractivity contribution is 0.102. The van der Waals surface area contributed by atoms with Crippen LogP contribution in [0.5, 0.6) is 0 Å². The summed E-state index contributed by atoms with van der Waals surface area (Å²) in [4.78, 5) is 20.1. The van der Waals surface area contributed by atoms with Crippen LogP contribution in [0.4, 0.5) is 5.69 Å². The third-order valence-electron chi connectivity index (χ3n) is 3.47. The van der Waals surface area contributed by atoms with Crippen molar-refractivity contribution in [3.05, 3.63) is 103 Å². The van der Waals surface area contributed by atoms with Gasteiger partial charge in [-0.15, -0.1) is 0 Å². The number of nitrogens with zero attached hydrogens (tertiary/aromatic N) is 2. The maximum Gasteiger partial charge on any atom is 0.255 e. The third-order valence-corrected chi connectivity index (χ3v) is 3.47. The predicted molar refractivity (Wildman–Crippen MR) is 100 cm³/mol. The average Bonchev–Trinajstić information content (AvgIpc) is 2.70. The van der Waals surface area contributed by atoms with Crippen LogP contribution in [0.3, 0.4) is 0 Å². The SMILES string of the molecule is O=C(Nc1ccc2cccnc2c1)c1ccccc1.c1ccncc1. The minimum absolute atomic E-state index is 0.115. The van der Waals surface area contributed by atoms with Gasteiger partial charge in [0.25, 0.3) is 5.91 Å². The molecule has 0 unspecified atom stereocenters. The summed E-state index contributed by atoms with van der Waals surface area (Å²) in [7, 11) is 0. The highest BCUT2D eigenvalue weighted by atomic mass is 16.1. The van der Waals surface area contributed by atoms with Crippen molar-refractivity contribution in [1.29, 1.82) is 0 Å². The average molecular weight is 327 g/mol. The van der Waals surface area contributed by atoms with Gasteiger partial charge in [0.2, 0.25) is 0 Å². The number of benzene rings is 2.